The first-order chi connectivity index (χ1) is 28.8. The average Bonchev–Trinajstić information content (AvgIpc) is 3.68. The van der Waals surface area contributed by atoms with Gasteiger partial charge >= 0.3 is 35.8 Å². The number of benzene rings is 2. The number of aromatic nitrogens is 2. The number of hydrogen-bond donors (Lipinski definition) is 0. The number of nitrogens with zero attached hydrogens (tertiary/aromatic N) is 2. The van der Waals surface area contributed by atoms with E-state index >= 15 is 0 Å². The minimum atomic E-state index is -1.81. The molecule has 0 saturated heterocycles. The van der Waals surface area contributed by atoms with Crippen molar-refractivity contribution in [3.63, 3.8) is 0 Å². The molecule has 4 heterocycles. The second-order valence-corrected chi connectivity index (χ2v) is 13.5. The first kappa shape index (κ1) is 44.5. The van der Waals surface area contributed by atoms with E-state index in [1.165, 1.54) is 0 Å². The summed E-state index contributed by atoms with van der Waals surface area (Å²) in [6.07, 6.45) is 1.86. The van der Waals surface area contributed by atoms with E-state index in [9.17, 15) is 28.8 Å². The fourth-order valence-corrected chi connectivity index (χ4v) is 7.50. The van der Waals surface area contributed by atoms with Gasteiger partial charge in [0.2, 0.25) is 22.6 Å². The zero-order valence-electron chi connectivity index (χ0n) is 35.0. The van der Waals surface area contributed by atoms with Crippen molar-refractivity contribution in [2.75, 3.05) is 39.6 Å². The molecule has 2 aromatic carbocycles. The van der Waals surface area contributed by atoms with Gasteiger partial charge in [-0.2, -0.15) is 0 Å². The normalized spacial score (nSPS) is 15.9. The van der Waals surface area contributed by atoms with Crippen molar-refractivity contribution in [2.24, 2.45) is 14.1 Å². The summed E-state index contributed by atoms with van der Waals surface area (Å²) in [6, 6.07) is 14.6. The molecule has 2 aliphatic rings. The van der Waals surface area contributed by atoms with E-state index < -0.39 is 46.6 Å². The van der Waals surface area contributed by atoms with E-state index in [4.69, 9.17) is 37.9 Å². The Morgan fingerprint density at radius 3 is 1.12 bits per heavy atom. The molecule has 0 fully saturated rings. The molecule has 4 aromatic rings. The number of hydrogen-bond acceptors (Lipinski definition) is 14. The summed E-state index contributed by atoms with van der Waals surface area (Å²) in [7, 11) is 3.52. The number of aryl methyl sites for hydroxylation is 2. The van der Waals surface area contributed by atoms with Crippen LogP contribution in [0, 0.1) is 0 Å². The topological polar surface area (TPSA) is 186 Å². The molecule has 6 rings (SSSR count). The highest BCUT2D eigenvalue weighted by Crippen LogP contribution is 2.51. The fourth-order valence-electron chi connectivity index (χ4n) is 7.50. The first-order valence-corrected chi connectivity index (χ1v) is 19.8. The minimum Gasteiger partial charge on any atom is -0.465 e. The average molecular weight is 831 g/mol. The summed E-state index contributed by atoms with van der Waals surface area (Å²) in [6.45, 7) is 10.7. The third-order valence-corrected chi connectivity index (χ3v) is 9.92. The summed E-state index contributed by atoms with van der Waals surface area (Å²) in [4.78, 5) is 77.2. The van der Waals surface area contributed by atoms with Crippen molar-refractivity contribution in [1.29, 1.82) is 0 Å². The van der Waals surface area contributed by atoms with Crippen LogP contribution < -0.4 is 9.47 Å². The Morgan fingerprint density at radius 1 is 0.517 bits per heavy atom. The summed E-state index contributed by atoms with van der Waals surface area (Å²) in [5.74, 6) is -3.47. The van der Waals surface area contributed by atoms with Crippen molar-refractivity contribution in [1.82, 2.24) is 9.13 Å². The number of ether oxygens (including phenoxy) is 8. The van der Waals surface area contributed by atoms with Gasteiger partial charge in [0.1, 0.15) is 11.5 Å². The summed E-state index contributed by atoms with van der Waals surface area (Å²) < 4.78 is 46.7. The standard InChI is InChI=1S/2C22H25NO7/c2*1-5-27-17(24)12-14-13-22(20(25)28-6-2,21(26)29-7-3)18-15-10-8-9-11-16(15)23(4)19(18)30-14/h2*8-12H,5-7,13H2,1-4H3/b2*14-12-. The van der Waals surface area contributed by atoms with Crippen LogP contribution in [0.25, 0.3) is 21.8 Å². The third kappa shape index (κ3) is 8.05. The SMILES string of the molecule is CCOC(=O)/C=C1/CC(C(=O)OCC)(C(=O)OCC)c2c(n(C)c3ccccc23)O1.CCOC(=O)/C=C1/CC(C(=O)OCC)(C(=O)OCC)c2c(n(C)c3ccccc23)O1. The highest BCUT2D eigenvalue weighted by Gasteiger charge is 2.59. The zero-order chi connectivity index (χ0) is 43.8. The van der Waals surface area contributed by atoms with E-state index in [0.717, 1.165) is 23.2 Å². The molecule has 0 saturated carbocycles. The number of carbonyl (C=O) groups excluding carboxylic acids is 6. The predicted octanol–water partition coefficient (Wildman–Crippen LogP) is 5.54. The molecule has 0 amide bonds. The maximum Gasteiger partial charge on any atom is 0.334 e. The van der Waals surface area contributed by atoms with E-state index in [1.54, 1.807) is 64.8 Å². The van der Waals surface area contributed by atoms with Gasteiger partial charge in [-0.3, -0.25) is 19.2 Å². The zero-order valence-corrected chi connectivity index (χ0v) is 35.0. The van der Waals surface area contributed by atoms with Gasteiger partial charge in [-0.25, -0.2) is 9.59 Å². The van der Waals surface area contributed by atoms with E-state index in [2.05, 4.69) is 0 Å². The molecule has 0 radical (unpaired) electrons. The van der Waals surface area contributed by atoms with Crippen LogP contribution in [0.15, 0.2) is 72.2 Å². The predicted molar refractivity (Wildman–Crippen MR) is 216 cm³/mol. The quantitative estimate of drug-likeness (QED) is 0.0750. The van der Waals surface area contributed by atoms with Gasteiger partial charge in [0, 0.05) is 37.7 Å². The maximum absolute atomic E-state index is 13.3. The van der Waals surface area contributed by atoms with Crippen molar-refractivity contribution < 1.29 is 66.7 Å². The lowest BCUT2D eigenvalue weighted by atomic mass is 9.75. The van der Waals surface area contributed by atoms with Gasteiger partial charge in [0.05, 0.1) is 74.0 Å². The van der Waals surface area contributed by atoms with Gasteiger partial charge in [-0.05, 0) is 53.7 Å². The van der Waals surface area contributed by atoms with Gasteiger partial charge < -0.3 is 47.0 Å². The molecule has 0 N–H and O–H groups in total. The number of rotatable bonds is 12. The van der Waals surface area contributed by atoms with Crippen molar-refractivity contribution in [2.45, 2.75) is 65.2 Å². The Balaban J connectivity index is 0.000000228. The number of carbonyl (C=O) groups is 6. The van der Waals surface area contributed by atoms with Crippen LogP contribution in [0.3, 0.4) is 0 Å². The maximum atomic E-state index is 13.3. The van der Waals surface area contributed by atoms with Gasteiger partial charge in [0.15, 0.2) is 0 Å². The molecule has 0 bridgehead atoms. The van der Waals surface area contributed by atoms with E-state index in [1.807, 2.05) is 48.5 Å². The largest absolute Gasteiger partial charge is 0.465 e. The van der Waals surface area contributed by atoms with Crippen LogP contribution in [0.5, 0.6) is 11.8 Å². The van der Waals surface area contributed by atoms with Crippen LogP contribution in [-0.4, -0.2) is 84.6 Å². The van der Waals surface area contributed by atoms with Gasteiger partial charge in [0.25, 0.3) is 0 Å². The molecule has 0 spiro atoms. The molecular formula is C44H50N2O14. The Morgan fingerprint density at radius 2 is 0.817 bits per heavy atom. The molecule has 16 nitrogen and oxygen atoms in total. The van der Waals surface area contributed by atoms with Crippen LogP contribution >= 0.6 is 0 Å². The fraction of sp³-hybridized carbons (Fsp3) is 0.409. The molecule has 16 heteroatoms. The second kappa shape index (κ2) is 19.0. The molecule has 0 aliphatic carbocycles. The molecular weight excluding hydrogens is 780 g/mol. The van der Waals surface area contributed by atoms with E-state index in [0.29, 0.717) is 21.9 Å². The lowest BCUT2D eigenvalue weighted by Crippen LogP contribution is -2.49. The Labute approximate surface area is 346 Å². The minimum absolute atomic E-state index is 0.0812. The molecule has 60 heavy (non-hydrogen) atoms. The molecule has 0 atom stereocenters. The van der Waals surface area contributed by atoms with Crippen molar-refractivity contribution >= 4 is 57.6 Å². The van der Waals surface area contributed by atoms with Crippen LogP contribution in [-0.2, 0) is 82.1 Å². The highest BCUT2D eigenvalue weighted by molar-refractivity contribution is 6.13. The molecule has 2 aliphatic heterocycles. The van der Waals surface area contributed by atoms with Crippen LogP contribution in [0.1, 0.15) is 65.5 Å². The number of esters is 6. The van der Waals surface area contributed by atoms with Crippen LogP contribution in [0.4, 0.5) is 0 Å². The van der Waals surface area contributed by atoms with Gasteiger partial charge in [-0.15, -0.1) is 0 Å². The number of fused-ring (bicyclic) bond motifs is 6. The third-order valence-electron chi connectivity index (χ3n) is 9.92. The number of para-hydroxylation sites is 2. The Kier molecular flexibility index (Phi) is 14.1. The Bertz CT molecular complexity index is 2160. The Hall–Kier alpha value is -6.58. The summed E-state index contributed by atoms with van der Waals surface area (Å²) >= 11 is 0. The van der Waals surface area contributed by atoms with Crippen LogP contribution in [0.2, 0.25) is 0 Å². The smallest absolute Gasteiger partial charge is 0.334 e. The van der Waals surface area contributed by atoms with E-state index in [-0.39, 0.29) is 75.8 Å². The van der Waals surface area contributed by atoms with Crippen molar-refractivity contribution in [3.05, 3.63) is 83.3 Å². The lowest BCUT2D eigenvalue weighted by molar-refractivity contribution is -0.167. The van der Waals surface area contributed by atoms with Gasteiger partial charge in [-0.1, -0.05) is 36.4 Å². The summed E-state index contributed by atoms with van der Waals surface area (Å²) in [5.41, 5.74) is -1.34. The second-order valence-electron chi connectivity index (χ2n) is 13.5. The first-order valence-electron chi connectivity index (χ1n) is 19.8. The molecule has 0 unspecified atom stereocenters. The highest BCUT2D eigenvalue weighted by atomic mass is 16.6. The molecule has 320 valence electrons. The lowest BCUT2D eigenvalue weighted by Gasteiger charge is -2.34. The monoisotopic (exact) mass is 830 g/mol. The van der Waals surface area contributed by atoms with Crippen molar-refractivity contribution in [3.8, 4) is 11.8 Å². The summed E-state index contributed by atoms with van der Waals surface area (Å²) in [5, 5.41) is 1.34. The molecule has 2 aromatic heterocycles. The number of allylic oxidation sites excluding steroid dienone is 2.